The molecule has 0 atom stereocenters. The number of allylic oxidation sites excluding steroid dienone is 3. The maximum Gasteiger partial charge on any atom is 0.174 e. The Morgan fingerprint density at radius 3 is 2.39 bits per heavy atom. The van der Waals surface area contributed by atoms with E-state index in [2.05, 4.69) is 18.3 Å². The van der Waals surface area contributed by atoms with E-state index in [9.17, 15) is 4.79 Å². The molecule has 0 saturated heterocycles. The van der Waals surface area contributed by atoms with Gasteiger partial charge in [0.1, 0.15) is 0 Å². The average molecular weight is 260 g/mol. The van der Waals surface area contributed by atoms with E-state index in [1.54, 1.807) is 36.4 Å². The lowest BCUT2D eigenvalue weighted by Gasteiger charge is -2.14. The van der Waals surface area contributed by atoms with Crippen molar-refractivity contribution in [1.29, 1.82) is 0 Å². The van der Waals surface area contributed by atoms with E-state index in [0.29, 0.717) is 16.3 Å². The summed E-state index contributed by atoms with van der Waals surface area (Å²) in [5.74, 6) is 0.0830. The molecular weight excluding hydrogens is 246 g/mol. The van der Waals surface area contributed by atoms with E-state index in [1.807, 2.05) is 0 Å². The molecule has 1 aromatic carbocycles. The zero-order valence-electron chi connectivity index (χ0n) is 10.0. The molecule has 0 N–H and O–H groups in total. The van der Waals surface area contributed by atoms with Gasteiger partial charge in [0, 0.05) is 10.6 Å². The molecule has 1 aliphatic carbocycles. The molecule has 1 aliphatic rings. The fourth-order valence-corrected chi connectivity index (χ4v) is 2.20. The Balaban J connectivity index is 2.34. The fourth-order valence-electron chi connectivity index (χ4n) is 2.08. The van der Waals surface area contributed by atoms with Gasteiger partial charge in [-0.05, 0) is 49.9 Å². The molecule has 1 aromatic rings. The molecular formula is C15H14ClNO. The SMILES string of the molecule is C=CC=C(N=C)C1(C(=O)c2ccc(Cl)cc2)CC1. The fraction of sp³-hybridized carbons (Fsp3) is 0.200. The van der Waals surface area contributed by atoms with E-state index in [4.69, 9.17) is 11.6 Å². The molecule has 2 rings (SSSR count). The van der Waals surface area contributed by atoms with Gasteiger partial charge < -0.3 is 0 Å². The number of hydrogen-bond acceptors (Lipinski definition) is 2. The van der Waals surface area contributed by atoms with Crippen molar-refractivity contribution in [2.45, 2.75) is 12.8 Å². The summed E-state index contributed by atoms with van der Waals surface area (Å²) in [5, 5.41) is 0.625. The number of rotatable bonds is 5. The number of benzene rings is 1. The van der Waals surface area contributed by atoms with Crippen LogP contribution < -0.4 is 0 Å². The summed E-state index contributed by atoms with van der Waals surface area (Å²) < 4.78 is 0. The molecule has 2 nitrogen and oxygen atoms in total. The van der Waals surface area contributed by atoms with Crippen molar-refractivity contribution >= 4 is 24.1 Å². The summed E-state index contributed by atoms with van der Waals surface area (Å²) >= 11 is 5.82. The summed E-state index contributed by atoms with van der Waals surface area (Å²) in [6.45, 7) is 7.18. The first kappa shape index (κ1) is 12.8. The van der Waals surface area contributed by atoms with Crippen molar-refractivity contribution in [3.8, 4) is 0 Å². The van der Waals surface area contributed by atoms with Crippen LogP contribution in [-0.4, -0.2) is 12.5 Å². The maximum atomic E-state index is 12.5. The van der Waals surface area contributed by atoms with Gasteiger partial charge in [0.15, 0.2) is 5.78 Å². The highest BCUT2D eigenvalue weighted by atomic mass is 35.5. The summed E-state index contributed by atoms with van der Waals surface area (Å²) in [6, 6.07) is 6.95. The van der Waals surface area contributed by atoms with E-state index >= 15 is 0 Å². The Morgan fingerprint density at radius 2 is 1.94 bits per heavy atom. The van der Waals surface area contributed by atoms with E-state index in [0.717, 1.165) is 12.8 Å². The predicted molar refractivity (Wildman–Crippen MR) is 75.3 cm³/mol. The second-order valence-electron chi connectivity index (χ2n) is 4.36. The Hall–Kier alpha value is -1.67. The molecule has 92 valence electrons. The molecule has 0 unspecified atom stereocenters. The molecule has 1 saturated carbocycles. The number of carbonyl (C=O) groups excluding carboxylic acids is 1. The molecule has 0 amide bonds. The highest BCUT2D eigenvalue weighted by Crippen LogP contribution is 2.54. The van der Waals surface area contributed by atoms with Crippen LogP contribution in [0.15, 0.2) is 53.7 Å². The number of hydrogen-bond donors (Lipinski definition) is 0. The minimum atomic E-state index is -0.496. The van der Waals surface area contributed by atoms with Crippen molar-refractivity contribution in [3.05, 3.63) is 59.3 Å². The zero-order valence-corrected chi connectivity index (χ0v) is 10.8. The minimum absolute atomic E-state index is 0.0830. The molecule has 3 heteroatoms. The Morgan fingerprint density at radius 1 is 1.33 bits per heavy atom. The van der Waals surface area contributed by atoms with Crippen LogP contribution in [0.2, 0.25) is 5.02 Å². The first-order valence-electron chi connectivity index (χ1n) is 5.74. The zero-order chi connectivity index (χ0) is 13.2. The molecule has 18 heavy (non-hydrogen) atoms. The Kier molecular flexibility index (Phi) is 3.48. The second-order valence-corrected chi connectivity index (χ2v) is 4.80. The third kappa shape index (κ3) is 2.16. The summed E-state index contributed by atoms with van der Waals surface area (Å²) in [4.78, 5) is 16.5. The average Bonchev–Trinajstić information content (AvgIpc) is 3.17. The van der Waals surface area contributed by atoms with Crippen LogP contribution >= 0.6 is 11.6 Å². The molecule has 0 aliphatic heterocycles. The van der Waals surface area contributed by atoms with Crippen molar-refractivity contribution < 1.29 is 4.79 Å². The highest BCUT2D eigenvalue weighted by molar-refractivity contribution is 6.30. The van der Waals surface area contributed by atoms with Crippen molar-refractivity contribution in [3.63, 3.8) is 0 Å². The van der Waals surface area contributed by atoms with Crippen molar-refractivity contribution in [2.75, 3.05) is 0 Å². The standard InChI is InChI=1S/C15H14ClNO/c1-3-4-13(17-2)15(9-10-15)14(18)11-5-7-12(16)8-6-11/h3-8H,1-2,9-10H2. The van der Waals surface area contributed by atoms with Crippen LogP contribution in [0.25, 0.3) is 0 Å². The number of aliphatic imine (C=N–C) groups is 1. The lowest BCUT2D eigenvalue weighted by atomic mass is 9.91. The van der Waals surface area contributed by atoms with Crippen LogP contribution in [0.5, 0.6) is 0 Å². The van der Waals surface area contributed by atoms with Gasteiger partial charge in [0.05, 0.1) is 11.1 Å². The number of ketones is 1. The van der Waals surface area contributed by atoms with Crippen LogP contribution in [0.3, 0.4) is 0 Å². The van der Waals surface area contributed by atoms with Crippen LogP contribution in [0.1, 0.15) is 23.2 Å². The van der Waals surface area contributed by atoms with Crippen LogP contribution in [-0.2, 0) is 0 Å². The molecule has 0 bridgehead atoms. The normalized spacial score (nSPS) is 17.1. The van der Waals surface area contributed by atoms with E-state index in [-0.39, 0.29) is 5.78 Å². The Labute approximate surface area is 112 Å². The topological polar surface area (TPSA) is 29.4 Å². The minimum Gasteiger partial charge on any atom is -0.293 e. The van der Waals surface area contributed by atoms with Crippen molar-refractivity contribution in [1.82, 2.24) is 0 Å². The smallest absolute Gasteiger partial charge is 0.174 e. The van der Waals surface area contributed by atoms with Gasteiger partial charge in [-0.15, -0.1) is 0 Å². The van der Waals surface area contributed by atoms with Gasteiger partial charge in [0.2, 0.25) is 0 Å². The maximum absolute atomic E-state index is 12.5. The van der Waals surface area contributed by atoms with E-state index in [1.165, 1.54) is 0 Å². The third-order valence-electron chi connectivity index (χ3n) is 3.23. The molecule has 0 aromatic heterocycles. The van der Waals surface area contributed by atoms with Gasteiger partial charge in [-0.1, -0.05) is 24.3 Å². The van der Waals surface area contributed by atoms with Gasteiger partial charge in [-0.2, -0.15) is 0 Å². The molecule has 0 heterocycles. The lowest BCUT2D eigenvalue weighted by molar-refractivity contribution is 0.0923. The highest BCUT2D eigenvalue weighted by Gasteiger charge is 2.52. The quantitative estimate of drug-likeness (QED) is 0.445. The number of halogens is 1. The van der Waals surface area contributed by atoms with Crippen molar-refractivity contribution in [2.24, 2.45) is 10.4 Å². The first-order valence-corrected chi connectivity index (χ1v) is 6.12. The molecule has 0 radical (unpaired) electrons. The van der Waals surface area contributed by atoms with Crippen LogP contribution in [0.4, 0.5) is 0 Å². The van der Waals surface area contributed by atoms with Gasteiger partial charge in [0.25, 0.3) is 0 Å². The number of Topliss-reactive ketones (excluding diaryl/α,β-unsaturated/α-hetero) is 1. The van der Waals surface area contributed by atoms with E-state index < -0.39 is 5.41 Å². The molecule has 1 fully saturated rings. The predicted octanol–water partition coefficient (Wildman–Crippen LogP) is 4.07. The lowest BCUT2D eigenvalue weighted by Crippen LogP contribution is -2.17. The van der Waals surface area contributed by atoms with Gasteiger partial charge >= 0.3 is 0 Å². The summed E-state index contributed by atoms with van der Waals surface area (Å²) in [6.07, 6.45) is 5.02. The van der Waals surface area contributed by atoms with Crippen LogP contribution in [0, 0.1) is 5.41 Å². The summed E-state index contributed by atoms with van der Waals surface area (Å²) in [7, 11) is 0. The number of nitrogens with zero attached hydrogens (tertiary/aromatic N) is 1. The summed E-state index contributed by atoms with van der Waals surface area (Å²) in [5.41, 5.74) is 0.872. The first-order chi connectivity index (χ1) is 8.64. The van der Waals surface area contributed by atoms with Gasteiger partial charge in [-0.25, -0.2) is 0 Å². The molecule has 0 spiro atoms. The third-order valence-corrected chi connectivity index (χ3v) is 3.48. The number of carbonyl (C=O) groups is 1. The second kappa shape index (κ2) is 4.91. The monoisotopic (exact) mass is 259 g/mol. The van der Waals surface area contributed by atoms with Gasteiger partial charge in [-0.3, -0.25) is 9.79 Å². The largest absolute Gasteiger partial charge is 0.293 e. The Bertz CT molecular complexity index is 524.